The number of methoxy groups -OCH3 is 1. The van der Waals surface area contributed by atoms with Gasteiger partial charge in [-0.05, 0) is 31.4 Å². The summed E-state index contributed by atoms with van der Waals surface area (Å²) in [6.45, 7) is 7.72. The van der Waals surface area contributed by atoms with Crippen LogP contribution in [0.15, 0.2) is 24.3 Å². The predicted molar refractivity (Wildman–Crippen MR) is 78.8 cm³/mol. The van der Waals surface area contributed by atoms with Crippen LogP contribution < -0.4 is 5.32 Å². The number of ketones is 1. The fraction of sp³-hybridized carbons (Fsp3) is 0.562. The molecule has 0 fully saturated rings. The van der Waals surface area contributed by atoms with Gasteiger partial charge in [0.15, 0.2) is 5.78 Å². The Balaban J connectivity index is 2.51. The number of hydrogen-bond acceptors (Lipinski definition) is 3. The van der Waals surface area contributed by atoms with Crippen molar-refractivity contribution >= 4 is 5.78 Å². The molecule has 3 heteroatoms. The van der Waals surface area contributed by atoms with Crippen molar-refractivity contribution in [3.05, 3.63) is 35.4 Å². The van der Waals surface area contributed by atoms with Crippen LogP contribution in [-0.4, -0.2) is 32.1 Å². The average molecular weight is 263 g/mol. The highest BCUT2D eigenvalue weighted by atomic mass is 16.5. The van der Waals surface area contributed by atoms with Crippen LogP contribution in [0.4, 0.5) is 0 Å². The summed E-state index contributed by atoms with van der Waals surface area (Å²) in [7, 11) is 1.69. The first-order valence-corrected chi connectivity index (χ1v) is 6.92. The normalized spacial score (nSPS) is 12.7. The highest BCUT2D eigenvalue weighted by molar-refractivity contribution is 5.99. The standard InChI is InChI=1S/C16H25NO2/c1-12(2)14-6-8-15(9-7-14)16(18)13(3)17-10-5-11-19-4/h6-9,12-13,17H,5,10-11H2,1-4H3. The summed E-state index contributed by atoms with van der Waals surface area (Å²) in [5.41, 5.74) is 2.04. The maximum atomic E-state index is 12.2. The van der Waals surface area contributed by atoms with Gasteiger partial charge in [-0.2, -0.15) is 0 Å². The molecule has 1 unspecified atom stereocenters. The summed E-state index contributed by atoms with van der Waals surface area (Å²) < 4.78 is 4.98. The minimum Gasteiger partial charge on any atom is -0.385 e. The molecule has 1 aromatic rings. The molecule has 1 aromatic carbocycles. The molecular formula is C16H25NO2. The van der Waals surface area contributed by atoms with Crippen molar-refractivity contribution in [2.45, 2.75) is 39.2 Å². The van der Waals surface area contributed by atoms with Crippen LogP contribution in [0.25, 0.3) is 0 Å². The second kappa shape index (κ2) is 8.08. The molecule has 0 aromatic heterocycles. The smallest absolute Gasteiger partial charge is 0.179 e. The molecule has 1 N–H and O–H groups in total. The van der Waals surface area contributed by atoms with E-state index >= 15 is 0 Å². The van der Waals surface area contributed by atoms with Crippen LogP contribution in [-0.2, 0) is 4.74 Å². The Labute approximate surface area is 116 Å². The largest absolute Gasteiger partial charge is 0.385 e. The molecule has 0 aliphatic heterocycles. The zero-order valence-corrected chi connectivity index (χ0v) is 12.4. The van der Waals surface area contributed by atoms with Crippen molar-refractivity contribution in [3.8, 4) is 0 Å². The third kappa shape index (κ3) is 5.13. The summed E-state index contributed by atoms with van der Waals surface area (Å²) in [5.74, 6) is 0.640. The summed E-state index contributed by atoms with van der Waals surface area (Å²) >= 11 is 0. The SMILES string of the molecule is COCCCNC(C)C(=O)c1ccc(C(C)C)cc1. The fourth-order valence-corrected chi connectivity index (χ4v) is 1.91. The Morgan fingerprint density at radius 2 is 1.84 bits per heavy atom. The molecule has 1 atom stereocenters. The molecule has 0 heterocycles. The van der Waals surface area contributed by atoms with E-state index in [0.29, 0.717) is 5.92 Å². The van der Waals surface area contributed by atoms with Crippen LogP contribution in [0, 0.1) is 0 Å². The highest BCUT2D eigenvalue weighted by Crippen LogP contribution is 2.15. The second-order valence-electron chi connectivity index (χ2n) is 5.16. The van der Waals surface area contributed by atoms with E-state index in [2.05, 4.69) is 19.2 Å². The van der Waals surface area contributed by atoms with Gasteiger partial charge in [-0.3, -0.25) is 4.79 Å². The number of Topliss-reactive ketones (excluding diaryl/α,β-unsaturated/α-hetero) is 1. The van der Waals surface area contributed by atoms with E-state index in [-0.39, 0.29) is 11.8 Å². The van der Waals surface area contributed by atoms with E-state index in [4.69, 9.17) is 4.74 Å². The first-order valence-electron chi connectivity index (χ1n) is 6.92. The number of ether oxygens (including phenoxy) is 1. The van der Waals surface area contributed by atoms with E-state index in [1.54, 1.807) is 7.11 Å². The lowest BCUT2D eigenvalue weighted by Crippen LogP contribution is -2.35. The Morgan fingerprint density at radius 1 is 1.21 bits per heavy atom. The van der Waals surface area contributed by atoms with E-state index in [1.807, 2.05) is 31.2 Å². The van der Waals surface area contributed by atoms with Gasteiger partial charge < -0.3 is 10.1 Å². The first-order chi connectivity index (χ1) is 9.06. The maximum absolute atomic E-state index is 12.2. The second-order valence-corrected chi connectivity index (χ2v) is 5.16. The van der Waals surface area contributed by atoms with Crippen LogP contribution >= 0.6 is 0 Å². The first kappa shape index (κ1) is 15.9. The van der Waals surface area contributed by atoms with Crippen LogP contribution in [0.3, 0.4) is 0 Å². The quantitative estimate of drug-likeness (QED) is 0.579. The highest BCUT2D eigenvalue weighted by Gasteiger charge is 2.14. The van der Waals surface area contributed by atoms with Gasteiger partial charge in [0.1, 0.15) is 0 Å². The van der Waals surface area contributed by atoms with E-state index in [1.165, 1.54) is 5.56 Å². The van der Waals surface area contributed by atoms with E-state index in [9.17, 15) is 4.79 Å². The van der Waals surface area contributed by atoms with Crippen molar-refractivity contribution in [2.75, 3.05) is 20.3 Å². The van der Waals surface area contributed by atoms with Crippen molar-refractivity contribution in [2.24, 2.45) is 0 Å². The molecule has 0 amide bonds. The fourth-order valence-electron chi connectivity index (χ4n) is 1.91. The van der Waals surface area contributed by atoms with Crippen LogP contribution in [0.1, 0.15) is 49.0 Å². The third-order valence-corrected chi connectivity index (χ3v) is 3.23. The van der Waals surface area contributed by atoms with Gasteiger partial charge in [-0.25, -0.2) is 0 Å². The topological polar surface area (TPSA) is 38.3 Å². The monoisotopic (exact) mass is 263 g/mol. The van der Waals surface area contributed by atoms with Crippen molar-refractivity contribution in [1.29, 1.82) is 0 Å². The molecule has 3 nitrogen and oxygen atoms in total. The predicted octanol–water partition coefficient (Wildman–Crippen LogP) is 3.01. The lowest BCUT2D eigenvalue weighted by molar-refractivity contribution is 0.0949. The van der Waals surface area contributed by atoms with Crippen molar-refractivity contribution < 1.29 is 9.53 Å². The third-order valence-electron chi connectivity index (χ3n) is 3.23. The summed E-state index contributed by atoms with van der Waals surface area (Å²) in [6.07, 6.45) is 0.917. The van der Waals surface area contributed by atoms with Gasteiger partial charge in [0, 0.05) is 19.3 Å². The lowest BCUT2D eigenvalue weighted by Gasteiger charge is -2.13. The van der Waals surface area contributed by atoms with Crippen molar-refractivity contribution in [1.82, 2.24) is 5.32 Å². The number of benzene rings is 1. The average Bonchev–Trinajstić information content (AvgIpc) is 2.42. The number of carbonyl (C=O) groups is 1. The molecule has 0 saturated heterocycles. The Kier molecular flexibility index (Phi) is 6.74. The zero-order valence-electron chi connectivity index (χ0n) is 12.4. The molecule has 0 saturated carbocycles. The Morgan fingerprint density at radius 3 is 2.37 bits per heavy atom. The number of nitrogens with one attached hydrogen (secondary N) is 1. The van der Waals surface area contributed by atoms with Gasteiger partial charge >= 0.3 is 0 Å². The minimum atomic E-state index is -0.151. The van der Waals surface area contributed by atoms with Gasteiger partial charge in [0.05, 0.1) is 6.04 Å². The molecule has 0 aliphatic rings. The molecule has 0 spiro atoms. The molecule has 0 aliphatic carbocycles. The number of rotatable bonds is 8. The summed E-state index contributed by atoms with van der Waals surface area (Å²) in [6, 6.07) is 7.77. The minimum absolute atomic E-state index is 0.146. The molecule has 106 valence electrons. The van der Waals surface area contributed by atoms with Gasteiger partial charge in [0.25, 0.3) is 0 Å². The van der Waals surface area contributed by atoms with Gasteiger partial charge in [0.2, 0.25) is 0 Å². The zero-order chi connectivity index (χ0) is 14.3. The number of carbonyl (C=O) groups excluding carboxylic acids is 1. The van der Waals surface area contributed by atoms with E-state index in [0.717, 1.165) is 25.1 Å². The summed E-state index contributed by atoms with van der Waals surface area (Å²) in [4.78, 5) is 12.2. The van der Waals surface area contributed by atoms with Crippen LogP contribution in [0.5, 0.6) is 0 Å². The van der Waals surface area contributed by atoms with Gasteiger partial charge in [-0.1, -0.05) is 38.1 Å². The lowest BCUT2D eigenvalue weighted by atomic mass is 9.99. The van der Waals surface area contributed by atoms with Crippen molar-refractivity contribution in [3.63, 3.8) is 0 Å². The Hall–Kier alpha value is -1.19. The summed E-state index contributed by atoms with van der Waals surface area (Å²) in [5, 5.41) is 3.22. The Bertz CT molecular complexity index is 384. The van der Waals surface area contributed by atoms with Crippen LogP contribution in [0.2, 0.25) is 0 Å². The van der Waals surface area contributed by atoms with Gasteiger partial charge in [-0.15, -0.1) is 0 Å². The molecular weight excluding hydrogens is 238 g/mol. The molecule has 0 radical (unpaired) electrons. The number of hydrogen-bond donors (Lipinski definition) is 1. The van der Waals surface area contributed by atoms with E-state index < -0.39 is 0 Å². The molecule has 0 bridgehead atoms. The molecule has 1 rings (SSSR count). The molecule has 19 heavy (non-hydrogen) atoms. The maximum Gasteiger partial charge on any atom is 0.179 e.